The first-order chi connectivity index (χ1) is 9.35. The van der Waals surface area contributed by atoms with E-state index in [0.717, 1.165) is 24.4 Å². The van der Waals surface area contributed by atoms with Crippen molar-refractivity contribution in [2.24, 2.45) is 0 Å². The average Bonchev–Trinajstić information content (AvgIpc) is 2.46. The maximum atomic E-state index is 5.70. The second-order valence-electron chi connectivity index (χ2n) is 4.41. The lowest BCUT2D eigenvalue weighted by molar-refractivity contribution is 0.341. The van der Waals surface area contributed by atoms with Crippen molar-refractivity contribution in [1.29, 1.82) is 0 Å². The molecule has 0 fully saturated rings. The second kappa shape index (κ2) is 6.95. The SMILES string of the molecule is CCNCc1cccc(-c2ccccc2OCC)c1. The fourth-order valence-corrected chi connectivity index (χ4v) is 2.10. The smallest absolute Gasteiger partial charge is 0.127 e. The summed E-state index contributed by atoms with van der Waals surface area (Å²) < 4.78 is 5.70. The lowest BCUT2D eigenvalue weighted by Gasteiger charge is -2.11. The van der Waals surface area contributed by atoms with Crippen molar-refractivity contribution >= 4 is 0 Å². The van der Waals surface area contributed by atoms with E-state index in [4.69, 9.17) is 4.74 Å². The van der Waals surface area contributed by atoms with Crippen LogP contribution in [0.1, 0.15) is 19.4 Å². The maximum absolute atomic E-state index is 5.70. The van der Waals surface area contributed by atoms with Gasteiger partial charge in [-0.2, -0.15) is 0 Å². The van der Waals surface area contributed by atoms with Crippen molar-refractivity contribution in [3.05, 3.63) is 54.1 Å². The highest BCUT2D eigenvalue weighted by molar-refractivity contribution is 5.70. The van der Waals surface area contributed by atoms with Crippen molar-refractivity contribution < 1.29 is 4.74 Å². The molecule has 2 aromatic carbocycles. The minimum Gasteiger partial charge on any atom is -0.493 e. The third-order valence-corrected chi connectivity index (χ3v) is 3.00. The Morgan fingerprint density at radius 1 is 1.00 bits per heavy atom. The molecule has 19 heavy (non-hydrogen) atoms. The van der Waals surface area contributed by atoms with Crippen molar-refractivity contribution in [1.82, 2.24) is 5.32 Å². The molecule has 0 atom stereocenters. The lowest BCUT2D eigenvalue weighted by atomic mass is 10.0. The molecule has 0 saturated carbocycles. The molecule has 0 radical (unpaired) electrons. The van der Waals surface area contributed by atoms with E-state index >= 15 is 0 Å². The molecule has 0 aliphatic rings. The zero-order valence-corrected chi connectivity index (χ0v) is 11.6. The minimum absolute atomic E-state index is 0.689. The lowest BCUT2D eigenvalue weighted by Crippen LogP contribution is -2.11. The van der Waals surface area contributed by atoms with Crippen molar-refractivity contribution in [3.8, 4) is 16.9 Å². The Morgan fingerprint density at radius 2 is 1.84 bits per heavy atom. The molecule has 100 valence electrons. The standard InChI is InChI=1S/C17H21NO/c1-3-18-13-14-8-7-9-15(12-14)16-10-5-6-11-17(16)19-4-2/h5-12,18H,3-4,13H2,1-2H3. The Balaban J connectivity index is 2.30. The molecule has 0 spiro atoms. The van der Waals surface area contributed by atoms with Crippen LogP contribution < -0.4 is 10.1 Å². The van der Waals surface area contributed by atoms with Crippen LogP contribution in [-0.4, -0.2) is 13.2 Å². The van der Waals surface area contributed by atoms with Crippen molar-refractivity contribution in [2.45, 2.75) is 20.4 Å². The zero-order valence-electron chi connectivity index (χ0n) is 11.6. The predicted octanol–water partition coefficient (Wildman–Crippen LogP) is 3.86. The highest BCUT2D eigenvalue weighted by Crippen LogP contribution is 2.30. The third kappa shape index (κ3) is 3.58. The van der Waals surface area contributed by atoms with E-state index in [1.165, 1.54) is 11.1 Å². The molecule has 0 unspecified atom stereocenters. The number of rotatable bonds is 6. The Hall–Kier alpha value is -1.80. The molecule has 0 aliphatic carbocycles. The van der Waals surface area contributed by atoms with Gasteiger partial charge in [0.25, 0.3) is 0 Å². The molecule has 0 aromatic heterocycles. The molecule has 0 bridgehead atoms. The number of benzene rings is 2. The topological polar surface area (TPSA) is 21.3 Å². The van der Waals surface area contributed by atoms with Crippen LogP contribution in [0.4, 0.5) is 0 Å². The van der Waals surface area contributed by atoms with Crippen LogP contribution in [0.3, 0.4) is 0 Å². The van der Waals surface area contributed by atoms with Gasteiger partial charge in [-0.1, -0.05) is 43.3 Å². The van der Waals surface area contributed by atoms with Crippen molar-refractivity contribution in [2.75, 3.05) is 13.2 Å². The predicted molar refractivity (Wildman–Crippen MR) is 80.4 cm³/mol. The van der Waals surface area contributed by atoms with E-state index in [2.05, 4.69) is 48.6 Å². The van der Waals surface area contributed by atoms with Gasteiger partial charge in [-0.3, -0.25) is 0 Å². The van der Waals surface area contributed by atoms with Crippen LogP contribution in [0.25, 0.3) is 11.1 Å². The summed E-state index contributed by atoms with van der Waals surface area (Å²) in [5.41, 5.74) is 3.66. The van der Waals surface area contributed by atoms with Gasteiger partial charge in [0.2, 0.25) is 0 Å². The summed E-state index contributed by atoms with van der Waals surface area (Å²) in [4.78, 5) is 0. The van der Waals surface area contributed by atoms with Crippen molar-refractivity contribution in [3.63, 3.8) is 0 Å². The van der Waals surface area contributed by atoms with Crippen LogP contribution in [0.2, 0.25) is 0 Å². The Kier molecular flexibility index (Phi) is 4.99. The normalized spacial score (nSPS) is 10.4. The first-order valence-electron chi connectivity index (χ1n) is 6.87. The molecule has 2 rings (SSSR count). The summed E-state index contributed by atoms with van der Waals surface area (Å²) in [6.07, 6.45) is 0. The van der Waals surface area contributed by atoms with E-state index in [1.54, 1.807) is 0 Å². The summed E-state index contributed by atoms with van der Waals surface area (Å²) in [6, 6.07) is 16.8. The molecule has 1 N–H and O–H groups in total. The molecular weight excluding hydrogens is 234 g/mol. The summed E-state index contributed by atoms with van der Waals surface area (Å²) >= 11 is 0. The van der Waals surface area contributed by atoms with Gasteiger partial charge in [0, 0.05) is 12.1 Å². The van der Waals surface area contributed by atoms with E-state index in [-0.39, 0.29) is 0 Å². The van der Waals surface area contributed by atoms with Crippen LogP contribution in [0.5, 0.6) is 5.75 Å². The van der Waals surface area contributed by atoms with E-state index in [1.807, 2.05) is 19.1 Å². The van der Waals surface area contributed by atoms with Gasteiger partial charge >= 0.3 is 0 Å². The quantitative estimate of drug-likeness (QED) is 0.846. The summed E-state index contributed by atoms with van der Waals surface area (Å²) in [5.74, 6) is 0.950. The van der Waals surface area contributed by atoms with Gasteiger partial charge in [0.1, 0.15) is 5.75 Å². The molecule has 0 saturated heterocycles. The van der Waals surface area contributed by atoms with Gasteiger partial charge in [-0.15, -0.1) is 0 Å². The summed E-state index contributed by atoms with van der Waals surface area (Å²) in [6.45, 7) is 6.71. The van der Waals surface area contributed by atoms with Gasteiger partial charge in [0.15, 0.2) is 0 Å². The molecule has 0 aliphatic heterocycles. The third-order valence-electron chi connectivity index (χ3n) is 3.00. The summed E-state index contributed by atoms with van der Waals surface area (Å²) in [7, 11) is 0. The van der Waals surface area contributed by atoms with Crippen LogP contribution in [0, 0.1) is 0 Å². The van der Waals surface area contributed by atoms with Gasteiger partial charge < -0.3 is 10.1 Å². The Labute approximate surface area is 115 Å². The molecular formula is C17H21NO. The van der Waals surface area contributed by atoms with Crippen LogP contribution in [0.15, 0.2) is 48.5 Å². The van der Waals surface area contributed by atoms with Gasteiger partial charge in [0.05, 0.1) is 6.61 Å². The number of hydrogen-bond acceptors (Lipinski definition) is 2. The van der Waals surface area contributed by atoms with Crippen LogP contribution >= 0.6 is 0 Å². The first kappa shape index (κ1) is 13.6. The molecule has 2 nitrogen and oxygen atoms in total. The number of nitrogens with one attached hydrogen (secondary N) is 1. The monoisotopic (exact) mass is 255 g/mol. The summed E-state index contributed by atoms with van der Waals surface area (Å²) in [5, 5.41) is 3.35. The zero-order chi connectivity index (χ0) is 13.5. The Bertz CT molecular complexity index is 522. The van der Waals surface area contributed by atoms with Gasteiger partial charge in [-0.25, -0.2) is 0 Å². The highest BCUT2D eigenvalue weighted by Gasteiger charge is 2.05. The Morgan fingerprint density at radius 3 is 2.63 bits per heavy atom. The molecule has 2 heteroatoms. The molecule has 0 amide bonds. The molecule has 2 aromatic rings. The van der Waals surface area contributed by atoms with Crippen LogP contribution in [-0.2, 0) is 6.54 Å². The first-order valence-corrected chi connectivity index (χ1v) is 6.87. The largest absolute Gasteiger partial charge is 0.493 e. The highest BCUT2D eigenvalue weighted by atomic mass is 16.5. The second-order valence-corrected chi connectivity index (χ2v) is 4.41. The van der Waals surface area contributed by atoms with E-state index < -0.39 is 0 Å². The number of ether oxygens (including phenoxy) is 1. The number of hydrogen-bond donors (Lipinski definition) is 1. The minimum atomic E-state index is 0.689. The van der Waals surface area contributed by atoms with Gasteiger partial charge in [-0.05, 0) is 36.7 Å². The fraction of sp³-hybridized carbons (Fsp3) is 0.294. The van der Waals surface area contributed by atoms with E-state index in [9.17, 15) is 0 Å². The fourth-order valence-electron chi connectivity index (χ4n) is 2.10. The maximum Gasteiger partial charge on any atom is 0.127 e. The van der Waals surface area contributed by atoms with E-state index in [0.29, 0.717) is 6.61 Å². The number of para-hydroxylation sites is 1. The molecule has 0 heterocycles. The average molecular weight is 255 g/mol.